The Morgan fingerprint density at radius 2 is 2.21 bits per heavy atom. The highest BCUT2D eigenvalue weighted by Gasteiger charge is 2.22. The normalized spacial score (nSPS) is 22.7. The van der Waals surface area contributed by atoms with Crippen molar-refractivity contribution in [2.75, 3.05) is 13.1 Å². The van der Waals surface area contributed by atoms with Gasteiger partial charge in [-0.2, -0.15) is 0 Å². The fourth-order valence-electron chi connectivity index (χ4n) is 2.75. The number of nitrogens with two attached hydrogens (primary N) is 1. The summed E-state index contributed by atoms with van der Waals surface area (Å²) in [6, 6.07) is 6.93. The molecular weight excluding hydrogens is 246 g/mol. The second-order valence-corrected chi connectivity index (χ2v) is 5.54. The van der Waals surface area contributed by atoms with Crippen molar-refractivity contribution >= 4 is 0 Å². The molecule has 0 amide bonds. The standard InChI is InChI=1S/C15H22F2N2/c1-11(18)14-6-3-7-19(10-14)9-12-4-2-5-13(8-12)15(16)17/h2,4-5,8,11,14-15H,3,6-7,9-10,18H2,1H3. The molecule has 0 spiro atoms. The number of halogens is 2. The molecular formula is C15H22F2N2. The van der Waals surface area contributed by atoms with Gasteiger partial charge < -0.3 is 5.73 Å². The molecule has 1 aromatic rings. The summed E-state index contributed by atoms with van der Waals surface area (Å²) in [7, 11) is 0. The van der Waals surface area contributed by atoms with Crippen LogP contribution in [0.4, 0.5) is 8.78 Å². The molecule has 1 saturated heterocycles. The molecule has 1 aromatic carbocycles. The molecule has 0 bridgehead atoms. The molecule has 1 aliphatic heterocycles. The number of alkyl halides is 2. The van der Waals surface area contributed by atoms with Crippen molar-refractivity contribution in [3.63, 3.8) is 0 Å². The number of nitrogens with zero attached hydrogens (tertiary/aromatic N) is 1. The van der Waals surface area contributed by atoms with E-state index in [-0.39, 0.29) is 11.6 Å². The lowest BCUT2D eigenvalue weighted by Crippen LogP contribution is -2.41. The Hall–Kier alpha value is -1.00. The summed E-state index contributed by atoms with van der Waals surface area (Å²) in [5, 5.41) is 0. The Balaban J connectivity index is 1.98. The number of benzene rings is 1. The molecule has 2 unspecified atom stereocenters. The Morgan fingerprint density at radius 1 is 1.42 bits per heavy atom. The van der Waals surface area contributed by atoms with Gasteiger partial charge in [-0.15, -0.1) is 0 Å². The SMILES string of the molecule is CC(N)C1CCCN(Cc2cccc(C(F)F)c2)C1. The van der Waals surface area contributed by atoms with Gasteiger partial charge >= 0.3 is 0 Å². The van der Waals surface area contributed by atoms with E-state index >= 15 is 0 Å². The highest BCUT2D eigenvalue weighted by Crippen LogP contribution is 2.23. The zero-order valence-corrected chi connectivity index (χ0v) is 11.4. The van der Waals surface area contributed by atoms with Crippen LogP contribution < -0.4 is 5.73 Å². The highest BCUT2D eigenvalue weighted by atomic mass is 19.3. The molecule has 0 radical (unpaired) electrons. The molecule has 4 heteroatoms. The zero-order valence-electron chi connectivity index (χ0n) is 11.4. The van der Waals surface area contributed by atoms with Gasteiger partial charge in [-0.3, -0.25) is 4.90 Å². The van der Waals surface area contributed by atoms with Gasteiger partial charge in [-0.05, 0) is 43.9 Å². The van der Waals surface area contributed by atoms with Gasteiger partial charge in [0.15, 0.2) is 0 Å². The Bertz CT molecular complexity index is 407. The first-order chi connectivity index (χ1) is 9.06. The van der Waals surface area contributed by atoms with E-state index in [1.165, 1.54) is 12.5 Å². The summed E-state index contributed by atoms with van der Waals surface area (Å²) >= 11 is 0. The third kappa shape index (κ3) is 3.98. The maximum absolute atomic E-state index is 12.7. The third-order valence-corrected chi connectivity index (χ3v) is 3.89. The molecule has 2 N–H and O–H groups in total. The molecule has 2 atom stereocenters. The fourth-order valence-corrected chi connectivity index (χ4v) is 2.75. The Morgan fingerprint density at radius 3 is 2.89 bits per heavy atom. The minimum Gasteiger partial charge on any atom is -0.328 e. The van der Waals surface area contributed by atoms with Crippen LogP contribution in [-0.4, -0.2) is 24.0 Å². The van der Waals surface area contributed by atoms with Gasteiger partial charge in [0.2, 0.25) is 0 Å². The molecule has 0 aromatic heterocycles. The highest BCUT2D eigenvalue weighted by molar-refractivity contribution is 5.24. The largest absolute Gasteiger partial charge is 0.328 e. The van der Waals surface area contributed by atoms with Crippen LogP contribution in [0.1, 0.15) is 37.3 Å². The first-order valence-electron chi connectivity index (χ1n) is 6.91. The van der Waals surface area contributed by atoms with E-state index in [2.05, 4.69) is 4.90 Å². The molecule has 2 nitrogen and oxygen atoms in total. The minimum atomic E-state index is -2.39. The number of hydrogen-bond donors (Lipinski definition) is 1. The quantitative estimate of drug-likeness (QED) is 0.908. The molecule has 106 valence electrons. The Kier molecular flexibility index (Phi) is 4.88. The number of hydrogen-bond acceptors (Lipinski definition) is 2. The van der Waals surface area contributed by atoms with Crippen LogP contribution in [-0.2, 0) is 6.54 Å². The van der Waals surface area contributed by atoms with E-state index < -0.39 is 6.43 Å². The van der Waals surface area contributed by atoms with Crippen LogP contribution in [0, 0.1) is 5.92 Å². The van der Waals surface area contributed by atoms with Crippen molar-refractivity contribution < 1.29 is 8.78 Å². The zero-order chi connectivity index (χ0) is 13.8. The average molecular weight is 268 g/mol. The van der Waals surface area contributed by atoms with Crippen molar-refractivity contribution in [2.24, 2.45) is 11.7 Å². The lowest BCUT2D eigenvalue weighted by molar-refractivity contribution is 0.148. The summed E-state index contributed by atoms with van der Waals surface area (Å²) in [4.78, 5) is 2.32. The average Bonchev–Trinajstić information content (AvgIpc) is 2.39. The minimum absolute atomic E-state index is 0.109. The maximum Gasteiger partial charge on any atom is 0.263 e. The first-order valence-corrected chi connectivity index (χ1v) is 6.91. The van der Waals surface area contributed by atoms with Gasteiger partial charge in [0, 0.05) is 24.7 Å². The molecule has 1 fully saturated rings. The second-order valence-electron chi connectivity index (χ2n) is 5.54. The van der Waals surface area contributed by atoms with Crippen molar-refractivity contribution in [3.8, 4) is 0 Å². The number of rotatable bonds is 4. The second kappa shape index (κ2) is 6.44. The van der Waals surface area contributed by atoms with Crippen LogP contribution in [0.2, 0.25) is 0 Å². The maximum atomic E-state index is 12.7. The smallest absolute Gasteiger partial charge is 0.263 e. The van der Waals surface area contributed by atoms with E-state index in [4.69, 9.17) is 5.73 Å². The van der Waals surface area contributed by atoms with Crippen LogP contribution in [0.15, 0.2) is 24.3 Å². The molecule has 0 saturated carbocycles. The molecule has 19 heavy (non-hydrogen) atoms. The van der Waals surface area contributed by atoms with Crippen LogP contribution in [0.5, 0.6) is 0 Å². The summed E-state index contributed by atoms with van der Waals surface area (Å²) in [5.74, 6) is 0.520. The first kappa shape index (κ1) is 14.4. The van der Waals surface area contributed by atoms with E-state index in [0.717, 1.165) is 31.6 Å². The number of likely N-dealkylation sites (tertiary alicyclic amines) is 1. The van der Waals surface area contributed by atoms with Crippen molar-refractivity contribution in [1.82, 2.24) is 4.90 Å². The summed E-state index contributed by atoms with van der Waals surface area (Å²) in [6.07, 6.45) is -0.0791. The summed E-state index contributed by atoms with van der Waals surface area (Å²) < 4.78 is 25.3. The van der Waals surface area contributed by atoms with Gasteiger partial charge in [0.05, 0.1) is 0 Å². The van der Waals surface area contributed by atoms with E-state index in [1.54, 1.807) is 12.1 Å². The van der Waals surface area contributed by atoms with Gasteiger partial charge in [0.1, 0.15) is 0 Å². The monoisotopic (exact) mass is 268 g/mol. The van der Waals surface area contributed by atoms with Crippen LogP contribution in [0.25, 0.3) is 0 Å². The summed E-state index contributed by atoms with van der Waals surface area (Å²) in [5.41, 5.74) is 7.03. The van der Waals surface area contributed by atoms with Crippen LogP contribution >= 0.6 is 0 Å². The Labute approximate surface area is 113 Å². The predicted molar refractivity (Wildman–Crippen MR) is 73.0 cm³/mol. The molecule has 1 heterocycles. The van der Waals surface area contributed by atoms with E-state index in [9.17, 15) is 8.78 Å². The number of piperidine rings is 1. The molecule has 2 rings (SSSR count). The lowest BCUT2D eigenvalue weighted by Gasteiger charge is -2.34. The van der Waals surface area contributed by atoms with Crippen molar-refractivity contribution in [3.05, 3.63) is 35.4 Å². The third-order valence-electron chi connectivity index (χ3n) is 3.89. The van der Waals surface area contributed by atoms with Crippen LogP contribution in [0.3, 0.4) is 0 Å². The fraction of sp³-hybridized carbons (Fsp3) is 0.600. The molecule has 0 aliphatic carbocycles. The topological polar surface area (TPSA) is 29.3 Å². The van der Waals surface area contributed by atoms with Gasteiger partial charge in [0.25, 0.3) is 6.43 Å². The molecule has 1 aliphatic rings. The summed E-state index contributed by atoms with van der Waals surface area (Å²) in [6.45, 7) is 4.79. The van der Waals surface area contributed by atoms with E-state index in [0.29, 0.717) is 5.92 Å². The van der Waals surface area contributed by atoms with Crippen molar-refractivity contribution in [1.29, 1.82) is 0 Å². The van der Waals surface area contributed by atoms with Gasteiger partial charge in [-0.25, -0.2) is 8.78 Å². The lowest BCUT2D eigenvalue weighted by atomic mass is 9.92. The predicted octanol–water partition coefficient (Wildman–Crippen LogP) is 3.18. The van der Waals surface area contributed by atoms with Crippen molar-refractivity contribution in [2.45, 2.75) is 38.8 Å². The van der Waals surface area contributed by atoms with E-state index in [1.807, 2.05) is 13.0 Å². The van der Waals surface area contributed by atoms with Gasteiger partial charge in [-0.1, -0.05) is 18.2 Å².